The van der Waals surface area contributed by atoms with Gasteiger partial charge >= 0.3 is 0 Å². The molecule has 206 valence electrons. The quantitative estimate of drug-likeness (QED) is 0.195. The Bertz CT molecular complexity index is 1620. The summed E-state index contributed by atoms with van der Waals surface area (Å²) in [5.74, 6) is 0.104. The van der Waals surface area contributed by atoms with Crippen LogP contribution in [0.4, 0.5) is 0 Å². The van der Waals surface area contributed by atoms with Gasteiger partial charge in [-0.3, -0.25) is 9.48 Å². The Labute approximate surface area is 237 Å². The van der Waals surface area contributed by atoms with Crippen LogP contribution in [0, 0.1) is 0 Å². The van der Waals surface area contributed by atoms with Gasteiger partial charge < -0.3 is 9.64 Å². The number of pyridine rings is 1. The molecule has 1 aliphatic heterocycles. The largest absolute Gasteiger partial charge is 0.377 e. The molecule has 0 spiro atoms. The van der Waals surface area contributed by atoms with Crippen molar-refractivity contribution >= 4 is 22.8 Å². The molecule has 5 aromatic heterocycles. The van der Waals surface area contributed by atoms with E-state index in [1.54, 1.807) is 22.0 Å². The highest BCUT2D eigenvalue weighted by molar-refractivity contribution is 7.13. The number of rotatable bonds is 11. The first kappa shape index (κ1) is 26.5. The van der Waals surface area contributed by atoms with E-state index in [0.29, 0.717) is 48.3 Å². The normalized spacial score (nSPS) is 14.6. The monoisotopic (exact) mass is 555 g/mol. The standard InChI is InChI=1S/C30H33N7O2S/c1-4-35(5-2)20(3)8-9-28(38)21-13-26(22-15-31-37(17-22)23-18-39-19-23)33-27(14-21)24-16-32-36-11-10-25(34-30(24)36)29-7-6-12-40-29/h6-7,10-17,20,23H,4-5,8-9,18-19H2,1-3H3/t20-/m0/s1. The van der Waals surface area contributed by atoms with Crippen LogP contribution in [-0.4, -0.2) is 72.4 Å². The summed E-state index contributed by atoms with van der Waals surface area (Å²) in [7, 11) is 0. The van der Waals surface area contributed by atoms with Crippen LogP contribution in [0.3, 0.4) is 0 Å². The molecular formula is C30H33N7O2S. The van der Waals surface area contributed by atoms with Gasteiger partial charge in [0.15, 0.2) is 11.4 Å². The molecule has 0 bridgehead atoms. The van der Waals surface area contributed by atoms with Crippen LogP contribution < -0.4 is 0 Å². The molecule has 0 N–H and O–H groups in total. The number of hydrogen-bond acceptors (Lipinski definition) is 8. The van der Waals surface area contributed by atoms with Gasteiger partial charge in [0.05, 0.1) is 59.2 Å². The highest BCUT2D eigenvalue weighted by Gasteiger charge is 2.23. The molecule has 0 radical (unpaired) electrons. The van der Waals surface area contributed by atoms with Gasteiger partial charge in [-0.05, 0) is 56.1 Å². The summed E-state index contributed by atoms with van der Waals surface area (Å²) in [5.41, 5.74) is 5.24. The van der Waals surface area contributed by atoms with Crippen LogP contribution >= 0.6 is 11.3 Å². The van der Waals surface area contributed by atoms with Crippen molar-refractivity contribution in [3.8, 4) is 33.1 Å². The van der Waals surface area contributed by atoms with Crippen LogP contribution in [0.25, 0.3) is 38.7 Å². The SMILES string of the molecule is CCN(CC)[C@@H](C)CCC(=O)c1cc(-c2cnn(C3COC3)c2)nc(-c2cnn3ccc(-c4cccs4)nc23)c1. The Morgan fingerprint density at radius 2 is 1.93 bits per heavy atom. The third kappa shape index (κ3) is 5.22. The second-order valence-electron chi connectivity index (χ2n) is 10.2. The molecule has 0 saturated carbocycles. The second-order valence-corrected chi connectivity index (χ2v) is 11.1. The van der Waals surface area contributed by atoms with Crippen molar-refractivity contribution in [3.05, 3.63) is 66.1 Å². The first-order valence-electron chi connectivity index (χ1n) is 13.8. The molecule has 1 aliphatic rings. The lowest BCUT2D eigenvalue weighted by atomic mass is 10.0. The first-order chi connectivity index (χ1) is 19.5. The number of ether oxygens (including phenoxy) is 1. The molecule has 10 heteroatoms. The minimum Gasteiger partial charge on any atom is -0.377 e. The van der Waals surface area contributed by atoms with Crippen LogP contribution in [0.1, 0.15) is 50.0 Å². The van der Waals surface area contributed by atoms with E-state index in [1.807, 2.05) is 52.9 Å². The highest BCUT2D eigenvalue weighted by Crippen LogP contribution is 2.30. The molecule has 1 saturated heterocycles. The Hall–Kier alpha value is -3.73. The zero-order valence-electron chi connectivity index (χ0n) is 23.0. The molecule has 1 atom stereocenters. The molecule has 0 aromatic carbocycles. The van der Waals surface area contributed by atoms with E-state index in [-0.39, 0.29) is 11.8 Å². The van der Waals surface area contributed by atoms with Gasteiger partial charge in [-0.15, -0.1) is 11.3 Å². The minimum atomic E-state index is 0.104. The van der Waals surface area contributed by atoms with Crippen molar-refractivity contribution in [2.75, 3.05) is 26.3 Å². The number of thiophene rings is 1. The molecule has 5 aromatic rings. The van der Waals surface area contributed by atoms with Gasteiger partial charge in [-0.1, -0.05) is 19.9 Å². The minimum absolute atomic E-state index is 0.104. The van der Waals surface area contributed by atoms with Crippen LogP contribution in [0.5, 0.6) is 0 Å². The van der Waals surface area contributed by atoms with Gasteiger partial charge in [-0.2, -0.15) is 10.2 Å². The number of Topliss-reactive ketones (excluding diaryl/α,β-unsaturated/α-hetero) is 1. The fourth-order valence-electron chi connectivity index (χ4n) is 5.15. The summed E-state index contributed by atoms with van der Waals surface area (Å²) >= 11 is 1.64. The van der Waals surface area contributed by atoms with Gasteiger partial charge in [0.2, 0.25) is 0 Å². The van der Waals surface area contributed by atoms with Crippen LogP contribution in [-0.2, 0) is 4.74 Å². The smallest absolute Gasteiger partial charge is 0.165 e. The van der Waals surface area contributed by atoms with Crippen molar-refractivity contribution < 1.29 is 9.53 Å². The fourth-order valence-corrected chi connectivity index (χ4v) is 5.84. The summed E-state index contributed by atoms with van der Waals surface area (Å²) in [6, 6.07) is 10.4. The van der Waals surface area contributed by atoms with Gasteiger partial charge in [0, 0.05) is 36.0 Å². The molecule has 6 heterocycles. The number of carbonyl (C=O) groups is 1. The van der Waals surface area contributed by atoms with Crippen LogP contribution in [0.15, 0.2) is 60.5 Å². The predicted octanol–water partition coefficient (Wildman–Crippen LogP) is 5.65. The van der Waals surface area contributed by atoms with Crippen molar-refractivity contribution in [2.45, 2.75) is 45.7 Å². The van der Waals surface area contributed by atoms with Crippen molar-refractivity contribution in [2.24, 2.45) is 0 Å². The molecule has 6 rings (SSSR count). The lowest BCUT2D eigenvalue weighted by molar-refractivity contribution is -0.0286. The van der Waals surface area contributed by atoms with Crippen LogP contribution in [0.2, 0.25) is 0 Å². The topological polar surface area (TPSA) is 90.4 Å². The summed E-state index contributed by atoms with van der Waals surface area (Å²) in [6.45, 7) is 9.77. The predicted molar refractivity (Wildman–Crippen MR) is 157 cm³/mol. The maximum atomic E-state index is 13.6. The number of ketones is 1. The molecule has 9 nitrogen and oxygen atoms in total. The van der Waals surface area contributed by atoms with Crippen molar-refractivity contribution in [1.29, 1.82) is 0 Å². The third-order valence-electron chi connectivity index (χ3n) is 7.68. The zero-order chi connectivity index (χ0) is 27.6. The summed E-state index contributed by atoms with van der Waals surface area (Å²) in [5, 5.41) is 11.1. The van der Waals surface area contributed by atoms with E-state index < -0.39 is 0 Å². The molecule has 0 amide bonds. The third-order valence-corrected chi connectivity index (χ3v) is 8.58. The molecule has 1 fully saturated rings. The lowest BCUT2D eigenvalue weighted by Gasteiger charge is -2.26. The summed E-state index contributed by atoms with van der Waals surface area (Å²) < 4.78 is 9.01. The second kappa shape index (κ2) is 11.4. The highest BCUT2D eigenvalue weighted by atomic mass is 32.1. The van der Waals surface area contributed by atoms with E-state index in [9.17, 15) is 4.79 Å². The molecular weight excluding hydrogens is 522 g/mol. The number of hydrogen-bond donors (Lipinski definition) is 0. The molecule has 40 heavy (non-hydrogen) atoms. The average molecular weight is 556 g/mol. The number of aromatic nitrogens is 6. The van der Waals surface area contributed by atoms with Gasteiger partial charge in [0.25, 0.3) is 0 Å². The maximum Gasteiger partial charge on any atom is 0.165 e. The van der Waals surface area contributed by atoms with E-state index in [1.165, 1.54) is 0 Å². The summed E-state index contributed by atoms with van der Waals surface area (Å²) in [6.07, 6.45) is 8.75. The summed E-state index contributed by atoms with van der Waals surface area (Å²) in [4.78, 5) is 27.0. The number of carbonyl (C=O) groups excluding carboxylic acids is 1. The van der Waals surface area contributed by atoms with E-state index >= 15 is 0 Å². The van der Waals surface area contributed by atoms with Crippen molar-refractivity contribution in [3.63, 3.8) is 0 Å². The first-order valence-corrected chi connectivity index (χ1v) is 14.7. The Morgan fingerprint density at radius 3 is 2.65 bits per heavy atom. The van der Waals surface area contributed by atoms with E-state index in [4.69, 9.17) is 14.7 Å². The zero-order valence-corrected chi connectivity index (χ0v) is 23.8. The molecule has 0 aliphatic carbocycles. The number of nitrogens with zero attached hydrogens (tertiary/aromatic N) is 7. The number of fused-ring (bicyclic) bond motifs is 1. The lowest BCUT2D eigenvalue weighted by Crippen LogP contribution is -2.33. The fraction of sp³-hybridized carbons (Fsp3) is 0.367. The average Bonchev–Trinajstić information content (AvgIpc) is 3.72. The van der Waals surface area contributed by atoms with E-state index in [0.717, 1.165) is 41.2 Å². The Kier molecular flexibility index (Phi) is 7.55. The van der Waals surface area contributed by atoms with Crippen molar-refractivity contribution in [1.82, 2.24) is 34.3 Å². The van der Waals surface area contributed by atoms with Gasteiger partial charge in [-0.25, -0.2) is 14.5 Å². The molecule has 0 unspecified atom stereocenters. The van der Waals surface area contributed by atoms with Gasteiger partial charge in [0.1, 0.15) is 0 Å². The Morgan fingerprint density at radius 1 is 1.10 bits per heavy atom. The Balaban J connectivity index is 1.38. The maximum absolute atomic E-state index is 13.6. The van der Waals surface area contributed by atoms with E-state index in [2.05, 4.69) is 41.9 Å².